The Hall–Kier alpha value is -0.900. The molecular weight excluding hydrogens is 239 g/mol. The molecule has 2 nitrogen and oxygen atoms in total. The Bertz CT molecular complexity index is 411. The highest BCUT2D eigenvalue weighted by atomic mass is 32.2. The van der Waals surface area contributed by atoms with Crippen molar-refractivity contribution < 1.29 is 12.8 Å². The van der Waals surface area contributed by atoms with Gasteiger partial charge in [-0.25, -0.2) is 12.8 Å². The largest absolute Gasteiger partial charge is 0.224 e. The van der Waals surface area contributed by atoms with Gasteiger partial charge in [-0.3, -0.25) is 0 Å². The maximum atomic E-state index is 12.7. The lowest BCUT2D eigenvalue weighted by molar-refractivity contribution is 0.594. The number of halogens is 1. The monoisotopic (exact) mass is 262 g/mol. The maximum Gasteiger partial charge on any atom is 0.175 e. The summed E-state index contributed by atoms with van der Waals surface area (Å²) in [6.45, 7) is 9.84. The molecule has 0 atom stereocenters. The summed E-state index contributed by atoms with van der Waals surface area (Å²) in [5.74, 6) is -0.516. The summed E-state index contributed by atoms with van der Waals surface area (Å²) in [5, 5.41) is 0. The van der Waals surface area contributed by atoms with Crippen LogP contribution in [0.15, 0.2) is 23.1 Å². The average molecular weight is 262 g/mol. The van der Waals surface area contributed by atoms with Gasteiger partial charge in [0.05, 0.1) is 4.90 Å². The van der Waals surface area contributed by atoms with Crippen LogP contribution in [0.25, 0.3) is 0 Å². The molecule has 0 heterocycles. The van der Waals surface area contributed by atoms with Crippen LogP contribution < -0.4 is 0 Å². The molecule has 0 amide bonds. The van der Waals surface area contributed by atoms with E-state index < -0.39 is 15.7 Å². The van der Waals surface area contributed by atoms with Gasteiger partial charge in [-0.1, -0.05) is 40.7 Å². The van der Waals surface area contributed by atoms with E-state index in [1.165, 1.54) is 12.1 Å². The predicted octanol–water partition coefficient (Wildman–Crippen LogP) is 3.84. The van der Waals surface area contributed by atoms with Gasteiger partial charge in [0.25, 0.3) is 0 Å². The number of rotatable bonds is 2. The predicted molar refractivity (Wildman–Crippen MR) is 71.6 cm³/mol. The van der Waals surface area contributed by atoms with Crippen molar-refractivity contribution in [3.63, 3.8) is 0 Å². The van der Waals surface area contributed by atoms with Crippen LogP contribution in [0.3, 0.4) is 0 Å². The van der Waals surface area contributed by atoms with Crippen molar-refractivity contribution in [3.05, 3.63) is 29.6 Å². The highest BCUT2D eigenvalue weighted by molar-refractivity contribution is 7.90. The summed E-state index contributed by atoms with van der Waals surface area (Å²) in [6.07, 6.45) is 1.67. The fourth-order valence-electron chi connectivity index (χ4n) is 1.17. The van der Waals surface area contributed by atoms with Gasteiger partial charge >= 0.3 is 0 Å². The second-order valence-corrected chi connectivity index (χ2v) is 4.86. The van der Waals surface area contributed by atoms with Gasteiger partial charge in [-0.2, -0.15) is 0 Å². The zero-order chi connectivity index (χ0) is 14.1. The first-order valence-corrected chi connectivity index (χ1v) is 7.82. The molecule has 0 fully saturated rings. The number of sulfone groups is 1. The summed E-state index contributed by atoms with van der Waals surface area (Å²) in [6, 6.07) is 3.84. The molecule has 0 aliphatic heterocycles. The summed E-state index contributed by atoms with van der Waals surface area (Å²) in [5.41, 5.74) is 0.656. The average Bonchev–Trinajstić information content (AvgIpc) is 2.33. The third-order valence-electron chi connectivity index (χ3n) is 1.81. The maximum absolute atomic E-state index is 12.7. The Morgan fingerprint density at radius 3 is 1.94 bits per heavy atom. The van der Waals surface area contributed by atoms with Crippen LogP contribution in [0.5, 0.6) is 0 Å². The van der Waals surface area contributed by atoms with Crippen molar-refractivity contribution in [2.24, 2.45) is 0 Å². The zero-order valence-electron chi connectivity index (χ0n) is 11.5. The van der Waals surface area contributed by atoms with E-state index in [1.54, 1.807) is 0 Å². The second kappa shape index (κ2) is 9.16. The van der Waals surface area contributed by atoms with E-state index in [2.05, 4.69) is 0 Å². The number of benzene rings is 1. The molecule has 17 heavy (non-hydrogen) atoms. The Morgan fingerprint density at radius 1 is 1.12 bits per heavy atom. The van der Waals surface area contributed by atoms with E-state index in [-0.39, 0.29) is 4.90 Å². The molecule has 0 saturated heterocycles. The Balaban J connectivity index is 0. The van der Waals surface area contributed by atoms with Gasteiger partial charge in [-0.05, 0) is 24.1 Å². The lowest BCUT2D eigenvalue weighted by Gasteiger charge is -2.04. The first-order valence-electron chi connectivity index (χ1n) is 5.93. The number of hydrogen-bond acceptors (Lipinski definition) is 2. The summed E-state index contributed by atoms with van der Waals surface area (Å²) < 4.78 is 35.1. The topological polar surface area (TPSA) is 34.1 Å². The number of aryl methyl sites for hydroxylation is 1. The van der Waals surface area contributed by atoms with Crippen LogP contribution >= 0.6 is 0 Å². The fraction of sp³-hybridized carbons (Fsp3) is 0.538. The molecule has 0 unspecified atom stereocenters. The molecule has 0 radical (unpaired) electrons. The highest BCUT2D eigenvalue weighted by Crippen LogP contribution is 2.17. The van der Waals surface area contributed by atoms with Crippen LogP contribution in [-0.4, -0.2) is 14.7 Å². The fourth-order valence-corrected chi connectivity index (χ4v) is 2.18. The molecule has 0 aliphatic carbocycles. The number of hydrogen-bond donors (Lipinski definition) is 0. The third kappa shape index (κ3) is 6.41. The van der Waals surface area contributed by atoms with Gasteiger partial charge in [0.15, 0.2) is 9.84 Å². The zero-order valence-corrected chi connectivity index (χ0v) is 12.4. The molecule has 4 heteroatoms. The van der Waals surface area contributed by atoms with Crippen LogP contribution in [0.1, 0.15) is 40.2 Å². The van der Waals surface area contributed by atoms with Crippen molar-refractivity contribution in [1.82, 2.24) is 0 Å². The van der Waals surface area contributed by atoms with Gasteiger partial charge in [-0.15, -0.1) is 0 Å². The van der Waals surface area contributed by atoms with Gasteiger partial charge in [0.2, 0.25) is 0 Å². The minimum absolute atomic E-state index is 0.0926. The van der Waals surface area contributed by atoms with Crippen molar-refractivity contribution in [2.45, 2.75) is 45.9 Å². The molecule has 0 saturated carbocycles. The van der Waals surface area contributed by atoms with Crippen molar-refractivity contribution in [3.8, 4) is 0 Å². The summed E-state index contributed by atoms with van der Waals surface area (Å²) >= 11 is 0. The molecule has 0 aliphatic rings. The Morgan fingerprint density at radius 2 is 1.59 bits per heavy atom. The first-order chi connectivity index (χ1) is 7.95. The molecule has 0 spiro atoms. The van der Waals surface area contributed by atoms with E-state index in [1.807, 2.05) is 34.6 Å². The standard InChI is InChI=1S/C9H11FO2S.2C2H6/c1-3-7-4-5-8(10)6-9(7)13(2,11)12;2*1-2/h4-6H,3H2,1-2H3;2*1-2H3. The molecule has 1 aromatic carbocycles. The lowest BCUT2D eigenvalue weighted by Crippen LogP contribution is -2.02. The molecule has 0 N–H and O–H groups in total. The van der Waals surface area contributed by atoms with Crippen LogP contribution in [-0.2, 0) is 16.3 Å². The molecule has 1 rings (SSSR count). The van der Waals surface area contributed by atoms with E-state index in [4.69, 9.17) is 0 Å². The minimum atomic E-state index is -3.31. The van der Waals surface area contributed by atoms with Crippen molar-refractivity contribution in [2.75, 3.05) is 6.26 Å². The van der Waals surface area contributed by atoms with Gasteiger partial charge < -0.3 is 0 Å². The molecule has 0 bridgehead atoms. The van der Waals surface area contributed by atoms with E-state index >= 15 is 0 Å². The third-order valence-corrected chi connectivity index (χ3v) is 2.99. The smallest absolute Gasteiger partial charge is 0.175 e. The normalized spacial score (nSPS) is 9.59. The van der Waals surface area contributed by atoms with Gasteiger partial charge in [0.1, 0.15) is 5.82 Å². The molecular formula is C13H23FO2S. The van der Waals surface area contributed by atoms with Gasteiger partial charge in [0, 0.05) is 6.26 Å². The Labute approximate surface area is 105 Å². The van der Waals surface area contributed by atoms with Crippen LogP contribution in [0.4, 0.5) is 4.39 Å². The van der Waals surface area contributed by atoms with E-state index in [0.29, 0.717) is 12.0 Å². The molecule has 100 valence electrons. The minimum Gasteiger partial charge on any atom is -0.224 e. The summed E-state index contributed by atoms with van der Waals surface area (Å²) in [7, 11) is -3.31. The van der Waals surface area contributed by atoms with Crippen molar-refractivity contribution >= 4 is 9.84 Å². The van der Waals surface area contributed by atoms with E-state index in [0.717, 1.165) is 12.3 Å². The summed E-state index contributed by atoms with van der Waals surface area (Å²) in [4.78, 5) is 0.0926. The lowest BCUT2D eigenvalue weighted by atomic mass is 10.2. The molecule has 0 aromatic heterocycles. The SMILES string of the molecule is CC.CC.CCc1ccc(F)cc1S(C)(=O)=O. The molecule has 1 aromatic rings. The Kier molecular flexibility index (Phi) is 9.95. The quantitative estimate of drug-likeness (QED) is 0.811. The van der Waals surface area contributed by atoms with Crippen LogP contribution in [0, 0.1) is 5.82 Å². The van der Waals surface area contributed by atoms with Crippen molar-refractivity contribution in [1.29, 1.82) is 0 Å². The second-order valence-electron chi connectivity index (χ2n) is 2.88. The van der Waals surface area contributed by atoms with Crippen LogP contribution in [0.2, 0.25) is 0 Å². The first kappa shape index (κ1) is 18.5. The van der Waals surface area contributed by atoms with E-state index in [9.17, 15) is 12.8 Å². The highest BCUT2D eigenvalue weighted by Gasteiger charge is 2.12.